The Hall–Kier alpha value is -1.84. The second-order valence-electron chi connectivity index (χ2n) is 2.83. The first kappa shape index (κ1) is 10.2. The van der Waals surface area contributed by atoms with Crippen LogP contribution in [0.2, 0.25) is 0 Å². The second kappa shape index (κ2) is 3.91. The van der Waals surface area contributed by atoms with Crippen molar-refractivity contribution in [2.24, 2.45) is 0 Å². The quantitative estimate of drug-likeness (QED) is 0.710. The third-order valence-electron chi connectivity index (χ3n) is 1.74. The molecule has 0 unspecified atom stereocenters. The smallest absolute Gasteiger partial charge is 0.328 e. The predicted octanol–water partition coefficient (Wildman–Crippen LogP) is 1.94. The molecule has 2 N–H and O–H groups in total. The number of carbonyl (C=O) groups is 1. The van der Waals surface area contributed by atoms with E-state index in [1.807, 2.05) is 0 Å². The molecule has 0 aliphatic rings. The summed E-state index contributed by atoms with van der Waals surface area (Å²) in [5.41, 5.74) is 1.05. The van der Waals surface area contributed by atoms with Gasteiger partial charge in [0.15, 0.2) is 11.6 Å². The van der Waals surface area contributed by atoms with Gasteiger partial charge in [0, 0.05) is 6.08 Å². The fraction of sp³-hybridized carbons (Fsp3) is 0.100. The Balaban J connectivity index is 3.10. The minimum Gasteiger partial charge on any atom is -0.505 e. The average Bonchev–Trinajstić information content (AvgIpc) is 2.09. The number of benzene rings is 1. The first-order valence-electron chi connectivity index (χ1n) is 3.91. The van der Waals surface area contributed by atoms with Gasteiger partial charge in [-0.15, -0.1) is 0 Å². The van der Waals surface area contributed by atoms with Gasteiger partial charge in [-0.25, -0.2) is 9.18 Å². The number of carboxylic acids is 1. The monoisotopic (exact) mass is 196 g/mol. The third-order valence-corrected chi connectivity index (χ3v) is 1.74. The minimum absolute atomic E-state index is 0.433. The third kappa shape index (κ3) is 2.32. The number of rotatable bonds is 2. The summed E-state index contributed by atoms with van der Waals surface area (Å²) in [5.74, 6) is -2.30. The number of halogens is 1. The van der Waals surface area contributed by atoms with Crippen molar-refractivity contribution in [3.8, 4) is 5.75 Å². The summed E-state index contributed by atoms with van der Waals surface area (Å²) >= 11 is 0. The zero-order valence-corrected chi connectivity index (χ0v) is 7.49. The van der Waals surface area contributed by atoms with E-state index in [4.69, 9.17) is 10.2 Å². The van der Waals surface area contributed by atoms with Gasteiger partial charge in [0.05, 0.1) is 0 Å². The molecular weight excluding hydrogens is 187 g/mol. The van der Waals surface area contributed by atoms with Crippen LogP contribution in [0, 0.1) is 12.7 Å². The van der Waals surface area contributed by atoms with Crippen LogP contribution >= 0.6 is 0 Å². The fourth-order valence-electron chi connectivity index (χ4n) is 1.02. The molecule has 0 aliphatic carbocycles. The van der Waals surface area contributed by atoms with Crippen LogP contribution < -0.4 is 0 Å². The Bertz CT molecular complexity index is 397. The second-order valence-corrected chi connectivity index (χ2v) is 2.83. The Morgan fingerprint density at radius 3 is 2.71 bits per heavy atom. The van der Waals surface area contributed by atoms with Crippen molar-refractivity contribution in [1.29, 1.82) is 0 Å². The van der Waals surface area contributed by atoms with Gasteiger partial charge in [0.25, 0.3) is 0 Å². The van der Waals surface area contributed by atoms with Gasteiger partial charge >= 0.3 is 5.97 Å². The number of phenolic OH excluding ortho intramolecular Hbond substituents is 1. The van der Waals surface area contributed by atoms with Crippen molar-refractivity contribution < 1.29 is 19.4 Å². The molecule has 0 bridgehead atoms. The Kier molecular flexibility index (Phi) is 2.86. The van der Waals surface area contributed by atoms with E-state index in [-0.39, 0.29) is 0 Å². The van der Waals surface area contributed by atoms with E-state index in [0.29, 0.717) is 11.1 Å². The summed E-state index contributed by atoms with van der Waals surface area (Å²) in [4.78, 5) is 10.2. The summed E-state index contributed by atoms with van der Waals surface area (Å²) in [6.07, 6.45) is 2.19. The number of aliphatic carboxylic acids is 1. The molecule has 0 amide bonds. The van der Waals surface area contributed by atoms with Crippen LogP contribution in [0.25, 0.3) is 6.08 Å². The molecule has 74 valence electrons. The Morgan fingerprint density at radius 2 is 2.14 bits per heavy atom. The van der Waals surface area contributed by atoms with Crippen LogP contribution in [0.4, 0.5) is 4.39 Å². The lowest BCUT2D eigenvalue weighted by Gasteiger charge is -2.01. The molecule has 4 heteroatoms. The van der Waals surface area contributed by atoms with Crippen LogP contribution in [0.5, 0.6) is 5.75 Å². The lowest BCUT2D eigenvalue weighted by Crippen LogP contribution is -1.88. The van der Waals surface area contributed by atoms with E-state index in [1.54, 1.807) is 6.92 Å². The predicted molar refractivity (Wildman–Crippen MR) is 49.5 cm³/mol. The fourth-order valence-corrected chi connectivity index (χ4v) is 1.02. The normalized spacial score (nSPS) is 10.7. The first-order valence-corrected chi connectivity index (χ1v) is 3.91. The van der Waals surface area contributed by atoms with Crippen LogP contribution in [0.3, 0.4) is 0 Å². The first-order chi connectivity index (χ1) is 6.50. The molecule has 0 spiro atoms. The molecule has 0 atom stereocenters. The maximum absolute atomic E-state index is 12.9. The molecule has 0 aliphatic heterocycles. The molecule has 0 saturated heterocycles. The van der Waals surface area contributed by atoms with Crippen LogP contribution in [-0.4, -0.2) is 16.2 Å². The van der Waals surface area contributed by atoms with Crippen molar-refractivity contribution in [2.45, 2.75) is 6.92 Å². The highest BCUT2D eigenvalue weighted by Crippen LogP contribution is 2.21. The molecule has 1 aromatic rings. The lowest BCUT2D eigenvalue weighted by atomic mass is 10.1. The van der Waals surface area contributed by atoms with E-state index in [0.717, 1.165) is 12.1 Å². The number of hydrogen-bond acceptors (Lipinski definition) is 2. The zero-order valence-electron chi connectivity index (χ0n) is 7.49. The van der Waals surface area contributed by atoms with Crippen LogP contribution in [0.1, 0.15) is 11.1 Å². The van der Waals surface area contributed by atoms with Gasteiger partial charge in [-0.05, 0) is 36.3 Å². The molecule has 0 fully saturated rings. The van der Waals surface area contributed by atoms with Crippen molar-refractivity contribution in [3.63, 3.8) is 0 Å². The molecule has 0 saturated carbocycles. The van der Waals surface area contributed by atoms with Gasteiger partial charge in [0.1, 0.15) is 0 Å². The number of aromatic hydroxyl groups is 1. The highest BCUT2D eigenvalue weighted by molar-refractivity contribution is 5.85. The standard InChI is InChI=1S/C10H9FO3/c1-6-4-9(12)8(11)5-7(6)2-3-10(13)14/h2-5,12H,1H3,(H,13,14)/b3-2+. The van der Waals surface area contributed by atoms with Gasteiger partial charge < -0.3 is 10.2 Å². The van der Waals surface area contributed by atoms with E-state index < -0.39 is 17.5 Å². The highest BCUT2D eigenvalue weighted by atomic mass is 19.1. The summed E-state index contributed by atoms with van der Waals surface area (Å²) < 4.78 is 12.9. The van der Waals surface area contributed by atoms with E-state index >= 15 is 0 Å². The van der Waals surface area contributed by atoms with Gasteiger partial charge in [-0.1, -0.05) is 0 Å². The zero-order chi connectivity index (χ0) is 10.7. The van der Waals surface area contributed by atoms with E-state index in [9.17, 15) is 9.18 Å². The van der Waals surface area contributed by atoms with Crippen LogP contribution in [-0.2, 0) is 4.79 Å². The molecule has 1 rings (SSSR count). The van der Waals surface area contributed by atoms with E-state index in [2.05, 4.69) is 0 Å². The van der Waals surface area contributed by atoms with Crippen molar-refractivity contribution in [1.82, 2.24) is 0 Å². The highest BCUT2D eigenvalue weighted by Gasteiger charge is 2.03. The van der Waals surface area contributed by atoms with Crippen molar-refractivity contribution in [2.75, 3.05) is 0 Å². The van der Waals surface area contributed by atoms with Gasteiger partial charge in [0.2, 0.25) is 0 Å². The van der Waals surface area contributed by atoms with Crippen molar-refractivity contribution >= 4 is 12.0 Å². The number of carboxylic acid groups (broad SMARTS) is 1. The average molecular weight is 196 g/mol. The van der Waals surface area contributed by atoms with Gasteiger partial charge in [-0.3, -0.25) is 0 Å². The number of hydrogen-bond donors (Lipinski definition) is 2. The number of aryl methyl sites for hydroxylation is 1. The summed E-state index contributed by atoms with van der Waals surface area (Å²) in [5, 5.41) is 17.3. The topological polar surface area (TPSA) is 57.5 Å². The lowest BCUT2D eigenvalue weighted by molar-refractivity contribution is -0.131. The van der Waals surface area contributed by atoms with Crippen LogP contribution in [0.15, 0.2) is 18.2 Å². The molecule has 0 radical (unpaired) electrons. The molecule has 1 aromatic carbocycles. The largest absolute Gasteiger partial charge is 0.505 e. The van der Waals surface area contributed by atoms with Gasteiger partial charge in [-0.2, -0.15) is 0 Å². The molecule has 0 heterocycles. The molecule has 14 heavy (non-hydrogen) atoms. The Morgan fingerprint density at radius 1 is 1.50 bits per heavy atom. The maximum atomic E-state index is 12.9. The SMILES string of the molecule is Cc1cc(O)c(F)cc1/C=C/C(=O)O. The maximum Gasteiger partial charge on any atom is 0.328 e. The summed E-state index contributed by atoms with van der Waals surface area (Å²) in [6, 6.07) is 2.33. The molecule has 0 aromatic heterocycles. The number of phenols is 1. The Labute approximate surface area is 80.1 Å². The molecule has 3 nitrogen and oxygen atoms in total. The van der Waals surface area contributed by atoms with E-state index in [1.165, 1.54) is 12.1 Å². The van der Waals surface area contributed by atoms with Crippen molar-refractivity contribution in [3.05, 3.63) is 35.2 Å². The minimum atomic E-state index is -1.10. The summed E-state index contributed by atoms with van der Waals surface area (Å²) in [6.45, 7) is 1.65. The molecular formula is C10H9FO3. The summed E-state index contributed by atoms with van der Waals surface area (Å²) in [7, 11) is 0.